The summed E-state index contributed by atoms with van der Waals surface area (Å²) in [5.74, 6) is 0.295. The average molecular weight is 586 g/mol. The number of benzene rings is 3. The average Bonchev–Trinajstić information content (AvgIpc) is 3.51. The Kier molecular flexibility index (Phi) is 9.02. The predicted molar refractivity (Wildman–Crippen MR) is 163 cm³/mol. The van der Waals surface area contributed by atoms with Crippen LogP contribution < -0.4 is 25.4 Å². The maximum absolute atomic E-state index is 13.2. The van der Waals surface area contributed by atoms with E-state index in [9.17, 15) is 14.4 Å². The van der Waals surface area contributed by atoms with E-state index in [4.69, 9.17) is 9.47 Å². The molecule has 4 aromatic rings. The zero-order valence-corrected chi connectivity index (χ0v) is 23.7. The maximum Gasteiger partial charge on any atom is 0.272 e. The summed E-state index contributed by atoms with van der Waals surface area (Å²) in [6.07, 6.45) is 1.64. The van der Waals surface area contributed by atoms with Crippen LogP contribution in [0.25, 0.3) is 6.08 Å². The van der Waals surface area contributed by atoms with E-state index in [-0.39, 0.29) is 22.8 Å². The Hall–Kier alpha value is -4.54. The van der Waals surface area contributed by atoms with Gasteiger partial charge in [-0.2, -0.15) is 11.3 Å². The Balaban J connectivity index is 1.19. The summed E-state index contributed by atoms with van der Waals surface area (Å²) >= 11 is 2.89. The molecule has 5 rings (SSSR count). The molecule has 0 bridgehead atoms. The van der Waals surface area contributed by atoms with Crippen LogP contribution >= 0.6 is 23.1 Å². The number of nitrogens with one attached hydrogen (secondary N) is 3. The molecule has 0 fully saturated rings. The van der Waals surface area contributed by atoms with Crippen molar-refractivity contribution in [3.05, 3.63) is 106 Å². The molecule has 1 aliphatic heterocycles. The van der Waals surface area contributed by atoms with Gasteiger partial charge in [-0.15, -0.1) is 11.8 Å². The highest BCUT2D eigenvalue weighted by Crippen LogP contribution is 2.33. The second kappa shape index (κ2) is 13.2. The van der Waals surface area contributed by atoms with Crippen molar-refractivity contribution in [2.24, 2.45) is 0 Å². The Morgan fingerprint density at radius 3 is 2.34 bits per heavy atom. The van der Waals surface area contributed by atoms with Crippen LogP contribution in [-0.2, 0) is 9.59 Å². The zero-order chi connectivity index (χ0) is 28.6. The molecular formula is C31H27N3O5S2. The summed E-state index contributed by atoms with van der Waals surface area (Å²) in [5, 5.41) is 11.9. The minimum absolute atomic E-state index is 0.125. The van der Waals surface area contributed by atoms with Gasteiger partial charge in [-0.25, -0.2) is 0 Å². The molecule has 0 saturated heterocycles. The fourth-order valence-electron chi connectivity index (χ4n) is 3.90. The van der Waals surface area contributed by atoms with E-state index < -0.39 is 5.91 Å². The molecule has 0 aliphatic carbocycles. The molecular weight excluding hydrogens is 558 g/mol. The summed E-state index contributed by atoms with van der Waals surface area (Å²) in [4.78, 5) is 39.6. The molecule has 2 heterocycles. The van der Waals surface area contributed by atoms with Crippen molar-refractivity contribution < 1.29 is 23.9 Å². The van der Waals surface area contributed by atoms with Gasteiger partial charge in [-0.05, 0) is 83.9 Å². The molecule has 0 spiro atoms. The van der Waals surface area contributed by atoms with Crippen molar-refractivity contribution in [2.45, 2.75) is 17.1 Å². The van der Waals surface area contributed by atoms with E-state index in [0.29, 0.717) is 41.7 Å². The highest BCUT2D eigenvalue weighted by Gasteiger charge is 2.18. The Bertz CT molecular complexity index is 1550. The van der Waals surface area contributed by atoms with Crippen LogP contribution in [-0.4, -0.2) is 36.2 Å². The van der Waals surface area contributed by atoms with Crippen molar-refractivity contribution in [3.63, 3.8) is 0 Å². The van der Waals surface area contributed by atoms with Crippen molar-refractivity contribution in [1.82, 2.24) is 5.32 Å². The van der Waals surface area contributed by atoms with Crippen LogP contribution in [0.5, 0.6) is 11.5 Å². The molecule has 0 radical (unpaired) electrons. The first-order chi connectivity index (χ1) is 19.9. The number of hydrogen-bond acceptors (Lipinski definition) is 7. The monoisotopic (exact) mass is 585 g/mol. The number of amides is 3. The lowest BCUT2D eigenvalue weighted by molar-refractivity contribution is -0.115. The van der Waals surface area contributed by atoms with E-state index in [1.165, 1.54) is 23.1 Å². The normalized spacial score (nSPS) is 13.1. The molecule has 41 heavy (non-hydrogen) atoms. The standard InChI is InChI=1S/C31H27N3O5S2/c1-20(29(35)33-24-9-12-27-28(18-24)39-15-14-38-27)41-25-10-7-23(8-11-25)32-31(37)26(17-21-13-16-40-19-21)34-30(36)22-5-3-2-4-6-22/h2-13,16-20H,14-15H2,1H3,(H,32,37)(H,33,35)(H,34,36)/b26-17-. The molecule has 1 atom stereocenters. The van der Waals surface area contributed by atoms with Gasteiger partial charge in [-0.1, -0.05) is 18.2 Å². The zero-order valence-electron chi connectivity index (χ0n) is 22.1. The van der Waals surface area contributed by atoms with Gasteiger partial charge in [0.25, 0.3) is 11.8 Å². The molecule has 1 aromatic heterocycles. The molecule has 208 valence electrons. The summed E-state index contributed by atoms with van der Waals surface area (Å²) in [5.41, 5.74) is 2.57. The van der Waals surface area contributed by atoms with Crippen LogP contribution in [0, 0.1) is 0 Å². The fraction of sp³-hybridized carbons (Fsp3) is 0.129. The van der Waals surface area contributed by atoms with Crippen LogP contribution in [0.15, 0.2) is 100 Å². The first kappa shape index (κ1) is 28.0. The number of carbonyl (C=O) groups excluding carboxylic acids is 3. The fourth-order valence-corrected chi connectivity index (χ4v) is 5.39. The van der Waals surface area contributed by atoms with Crippen LogP contribution in [0.2, 0.25) is 0 Å². The molecule has 3 amide bonds. The Morgan fingerprint density at radius 2 is 1.61 bits per heavy atom. The second-order valence-electron chi connectivity index (χ2n) is 9.02. The topological polar surface area (TPSA) is 106 Å². The van der Waals surface area contributed by atoms with Gasteiger partial charge < -0.3 is 25.4 Å². The number of fused-ring (bicyclic) bond motifs is 1. The number of hydrogen-bond donors (Lipinski definition) is 3. The lowest BCUT2D eigenvalue weighted by Gasteiger charge is -2.19. The lowest BCUT2D eigenvalue weighted by Crippen LogP contribution is -2.30. The van der Waals surface area contributed by atoms with Gasteiger partial charge in [0.1, 0.15) is 18.9 Å². The smallest absolute Gasteiger partial charge is 0.272 e. The maximum atomic E-state index is 13.2. The third-order valence-corrected chi connectivity index (χ3v) is 7.80. The van der Waals surface area contributed by atoms with Gasteiger partial charge in [0.05, 0.1) is 5.25 Å². The lowest BCUT2D eigenvalue weighted by atomic mass is 10.2. The highest BCUT2D eigenvalue weighted by atomic mass is 32.2. The summed E-state index contributed by atoms with van der Waals surface area (Å²) < 4.78 is 11.1. The number of anilines is 2. The van der Waals surface area contributed by atoms with Crippen molar-refractivity contribution >= 4 is 58.3 Å². The molecule has 1 unspecified atom stereocenters. The van der Waals surface area contributed by atoms with E-state index in [0.717, 1.165) is 10.5 Å². The van der Waals surface area contributed by atoms with Gasteiger partial charge in [-0.3, -0.25) is 14.4 Å². The minimum Gasteiger partial charge on any atom is -0.486 e. The van der Waals surface area contributed by atoms with Gasteiger partial charge in [0, 0.05) is 27.9 Å². The highest BCUT2D eigenvalue weighted by molar-refractivity contribution is 8.00. The minimum atomic E-state index is -0.451. The van der Waals surface area contributed by atoms with E-state index in [1.807, 2.05) is 41.9 Å². The van der Waals surface area contributed by atoms with Crippen molar-refractivity contribution in [3.8, 4) is 11.5 Å². The quantitative estimate of drug-likeness (QED) is 0.163. The number of thioether (sulfide) groups is 1. The Morgan fingerprint density at radius 1 is 0.878 bits per heavy atom. The van der Waals surface area contributed by atoms with Crippen LogP contribution in [0.4, 0.5) is 11.4 Å². The molecule has 10 heteroatoms. The molecule has 3 aromatic carbocycles. The predicted octanol–water partition coefficient (Wildman–Crippen LogP) is 6.05. The number of ether oxygens (including phenoxy) is 2. The first-order valence-electron chi connectivity index (χ1n) is 12.8. The Labute approximate surface area is 245 Å². The van der Waals surface area contributed by atoms with E-state index >= 15 is 0 Å². The summed E-state index contributed by atoms with van der Waals surface area (Å²) in [6.45, 7) is 2.80. The van der Waals surface area contributed by atoms with Gasteiger partial charge in [0.2, 0.25) is 5.91 Å². The van der Waals surface area contributed by atoms with E-state index in [2.05, 4.69) is 16.0 Å². The first-order valence-corrected chi connectivity index (χ1v) is 14.7. The second-order valence-corrected chi connectivity index (χ2v) is 11.2. The molecule has 1 aliphatic rings. The van der Waals surface area contributed by atoms with Crippen molar-refractivity contribution in [2.75, 3.05) is 23.8 Å². The third kappa shape index (κ3) is 7.56. The largest absolute Gasteiger partial charge is 0.486 e. The van der Waals surface area contributed by atoms with Gasteiger partial charge in [0.15, 0.2) is 11.5 Å². The number of carbonyl (C=O) groups is 3. The number of rotatable bonds is 9. The van der Waals surface area contributed by atoms with Crippen LogP contribution in [0.1, 0.15) is 22.8 Å². The summed E-state index contributed by atoms with van der Waals surface area (Å²) in [6, 6.07) is 23.1. The third-order valence-electron chi connectivity index (χ3n) is 5.99. The SMILES string of the molecule is CC(Sc1ccc(NC(=O)/C(=C/c2ccsc2)NC(=O)c2ccccc2)cc1)C(=O)Nc1ccc2c(c1)OCCO2. The van der Waals surface area contributed by atoms with Gasteiger partial charge >= 0.3 is 0 Å². The van der Waals surface area contributed by atoms with Crippen LogP contribution in [0.3, 0.4) is 0 Å². The number of thiophene rings is 1. The molecule has 0 saturated carbocycles. The van der Waals surface area contributed by atoms with E-state index in [1.54, 1.807) is 60.7 Å². The molecule has 3 N–H and O–H groups in total. The van der Waals surface area contributed by atoms with Crippen molar-refractivity contribution in [1.29, 1.82) is 0 Å². The molecule has 8 nitrogen and oxygen atoms in total. The summed E-state index contributed by atoms with van der Waals surface area (Å²) in [7, 11) is 0.